The molecule has 0 bridgehead atoms. The minimum atomic E-state index is -0.283. The highest BCUT2D eigenvalue weighted by Gasteiger charge is 2.12. The molecule has 0 amide bonds. The zero-order chi connectivity index (χ0) is 14.7. The lowest BCUT2D eigenvalue weighted by molar-refractivity contribution is 0.590. The van der Waals surface area contributed by atoms with Crippen LogP contribution in [0, 0.1) is 12.7 Å². The van der Waals surface area contributed by atoms with Crippen LogP contribution in [0.1, 0.15) is 31.1 Å². The van der Waals surface area contributed by atoms with Crippen LogP contribution in [-0.4, -0.2) is 16.5 Å². The second-order valence-corrected chi connectivity index (χ2v) is 5.49. The molecule has 0 fully saturated rings. The van der Waals surface area contributed by atoms with Gasteiger partial charge in [-0.3, -0.25) is 0 Å². The van der Waals surface area contributed by atoms with Gasteiger partial charge in [0.05, 0.1) is 0 Å². The summed E-state index contributed by atoms with van der Waals surface area (Å²) in [6.07, 6.45) is 1.83. The maximum absolute atomic E-state index is 13.1. The number of aromatic nitrogens is 2. The molecule has 20 heavy (non-hydrogen) atoms. The first-order valence-electron chi connectivity index (χ1n) is 6.55. The number of halogens is 2. The fraction of sp³-hybridized carbons (Fsp3) is 0.333. The molecule has 1 atom stereocenters. The summed E-state index contributed by atoms with van der Waals surface area (Å²) in [5.74, 6) is 0.316. The fourth-order valence-electron chi connectivity index (χ4n) is 2.12. The highest BCUT2D eigenvalue weighted by Crippen LogP contribution is 2.27. The van der Waals surface area contributed by atoms with E-state index in [1.807, 2.05) is 13.1 Å². The molecule has 106 valence electrons. The van der Waals surface area contributed by atoms with E-state index in [9.17, 15) is 4.39 Å². The van der Waals surface area contributed by atoms with Crippen LogP contribution in [-0.2, 0) is 0 Å². The molecular weight excluding hydrogens is 321 g/mol. The van der Waals surface area contributed by atoms with Gasteiger partial charge in [-0.2, -0.15) is 0 Å². The SMILES string of the molecule is CCNC(C)c1cnc(-c2ccc(F)cc2Br)nc1C. The third kappa shape index (κ3) is 3.22. The van der Waals surface area contributed by atoms with Gasteiger partial charge in [0, 0.05) is 33.5 Å². The second-order valence-electron chi connectivity index (χ2n) is 4.64. The van der Waals surface area contributed by atoms with Crippen molar-refractivity contribution in [3.8, 4) is 11.4 Å². The molecular formula is C15H17BrFN3. The number of hydrogen-bond acceptors (Lipinski definition) is 3. The van der Waals surface area contributed by atoms with E-state index in [4.69, 9.17) is 0 Å². The van der Waals surface area contributed by atoms with Crippen LogP contribution in [0.2, 0.25) is 0 Å². The summed E-state index contributed by atoms with van der Waals surface area (Å²) in [5, 5.41) is 3.34. The smallest absolute Gasteiger partial charge is 0.160 e. The third-order valence-electron chi connectivity index (χ3n) is 3.17. The van der Waals surface area contributed by atoms with Crippen LogP contribution in [0.3, 0.4) is 0 Å². The van der Waals surface area contributed by atoms with E-state index in [0.717, 1.165) is 23.4 Å². The lowest BCUT2D eigenvalue weighted by atomic mass is 10.1. The van der Waals surface area contributed by atoms with Gasteiger partial charge in [0.25, 0.3) is 0 Å². The summed E-state index contributed by atoms with van der Waals surface area (Å²) in [6.45, 7) is 7.01. The Balaban J connectivity index is 2.38. The summed E-state index contributed by atoms with van der Waals surface area (Å²) >= 11 is 3.35. The van der Waals surface area contributed by atoms with Gasteiger partial charge in [0.2, 0.25) is 0 Å². The molecule has 1 aromatic carbocycles. The Labute approximate surface area is 126 Å². The Morgan fingerprint density at radius 3 is 2.75 bits per heavy atom. The topological polar surface area (TPSA) is 37.8 Å². The van der Waals surface area contributed by atoms with E-state index in [-0.39, 0.29) is 11.9 Å². The first-order chi connectivity index (χ1) is 9.52. The van der Waals surface area contributed by atoms with Gasteiger partial charge in [-0.25, -0.2) is 14.4 Å². The van der Waals surface area contributed by atoms with Crippen LogP contribution in [0.25, 0.3) is 11.4 Å². The van der Waals surface area contributed by atoms with Gasteiger partial charge < -0.3 is 5.32 Å². The predicted molar refractivity (Wildman–Crippen MR) is 82.0 cm³/mol. The highest BCUT2D eigenvalue weighted by molar-refractivity contribution is 9.10. The van der Waals surface area contributed by atoms with Crippen molar-refractivity contribution in [1.82, 2.24) is 15.3 Å². The van der Waals surface area contributed by atoms with E-state index >= 15 is 0 Å². The van der Waals surface area contributed by atoms with Crippen LogP contribution in [0.4, 0.5) is 4.39 Å². The Hall–Kier alpha value is -1.33. The third-order valence-corrected chi connectivity index (χ3v) is 3.82. The average molecular weight is 338 g/mol. The minimum absolute atomic E-state index is 0.214. The molecule has 0 radical (unpaired) electrons. The number of rotatable bonds is 4. The Kier molecular flexibility index (Phi) is 4.83. The second kappa shape index (κ2) is 6.41. The van der Waals surface area contributed by atoms with E-state index < -0.39 is 0 Å². The largest absolute Gasteiger partial charge is 0.310 e. The maximum Gasteiger partial charge on any atom is 0.160 e. The minimum Gasteiger partial charge on any atom is -0.310 e. The molecule has 0 aliphatic carbocycles. The quantitative estimate of drug-likeness (QED) is 0.915. The van der Waals surface area contributed by atoms with Crippen LogP contribution in [0.15, 0.2) is 28.9 Å². The monoisotopic (exact) mass is 337 g/mol. The molecule has 5 heteroatoms. The molecule has 1 heterocycles. The molecule has 2 rings (SSSR count). The average Bonchev–Trinajstić information content (AvgIpc) is 2.38. The van der Waals surface area contributed by atoms with Crippen molar-refractivity contribution in [2.24, 2.45) is 0 Å². The molecule has 0 saturated heterocycles. The van der Waals surface area contributed by atoms with Crippen molar-refractivity contribution in [1.29, 1.82) is 0 Å². The van der Waals surface area contributed by atoms with E-state index in [1.54, 1.807) is 6.07 Å². The Morgan fingerprint density at radius 2 is 2.15 bits per heavy atom. The van der Waals surface area contributed by atoms with E-state index in [0.29, 0.717) is 10.3 Å². The molecule has 1 N–H and O–H groups in total. The van der Waals surface area contributed by atoms with Gasteiger partial charge in [0.15, 0.2) is 5.82 Å². The molecule has 1 aromatic heterocycles. The predicted octanol–water partition coefficient (Wildman–Crippen LogP) is 4.02. The van der Waals surface area contributed by atoms with E-state index in [2.05, 4.69) is 45.1 Å². The first kappa shape index (κ1) is 15.1. The van der Waals surface area contributed by atoms with Crippen LogP contribution < -0.4 is 5.32 Å². The number of benzene rings is 1. The fourth-order valence-corrected chi connectivity index (χ4v) is 2.65. The van der Waals surface area contributed by atoms with Crippen molar-refractivity contribution < 1.29 is 4.39 Å². The normalized spacial score (nSPS) is 12.4. The first-order valence-corrected chi connectivity index (χ1v) is 7.34. The molecule has 0 aliphatic heterocycles. The van der Waals surface area contributed by atoms with Crippen LogP contribution >= 0.6 is 15.9 Å². The standard InChI is InChI=1S/C15H17BrFN3/c1-4-18-9(2)13-8-19-15(20-10(13)3)12-6-5-11(17)7-14(12)16/h5-9,18H,4H2,1-3H3. The summed E-state index contributed by atoms with van der Waals surface area (Å²) in [7, 11) is 0. The number of hydrogen-bond donors (Lipinski definition) is 1. The molecule has 0 spiro atoms. The van der Waals surface area contributed by atoms with Gasteiger partial charge in [-0.15, -0.1) is 0 Å². The Bertz CT molecular complexity index is 616. The lowest BCUT2D eigenvalue weighted by Crippen LogP contribution is -2.19. The highest BCUT2D eigenvalue weighted by atomic mass is 79.9. The van der Waals surface area contributed by atoms with Crippen molar-refractivity contribution in [2.45, 2.75) is 26.8 Å². The van der Waals surface area contributed by atoms with Crippen molar-refractivity contribution in [3.05, 3.63) is 45.9 Å². The number of aryl methyl sites for hydroxylation is 1. The maximum atomic E-state index is 13.1. The zero-order valence-corrected chi connectivity index (χ0v) is 13.3. The molecule has 0 saturated carbocycles. The Morgan fingerprint density at radius 1 is 1.40 bits per heavy atom. The summed E-state index contributed by atoms with van der Waals surface area (Å²) < 4.78 is 13.8. The summed E-state index contributed by atoms with van der Waals surface area (Å²) in [5.41, 5.74) is 2.80. The zero-order valence-electron chi connectivity index (χ0n) is 11.7. The summed E-state index contributed by atoms with van der Waals surface area (Å²) in [4.78, 5) is 8.93. The molecule has 3 nitrogen and oxygen atoms in total. The lowest BCUT2D eigenvalue weighted by Gasteiger charge is -2.15. The molecule has 2 aromatic rings. The van der Waals surface area contributed by atoms with Gasteiger partial charge >= 0.3 is 0 Å². The molecule has 1 unspecified atom stereocenters. The van der Waals surface area contributed by atoms with Crippen molar-refractivity contribution in [3.63, 3.8) is 0 Å². The van der Waals surface area contributed by atoms with E-state index in [1.165, 1.54) is 12.1 Å². The number of nitrogens with zero attached hydrogens (tertiary/aromatic N) is 2. The van der Waals surface area contributed by atoms with Gasteiger partial charge in [-0.1, -0.05) is 6.92 Å². The van der Waals surface area contributed by atoms with Gasteiger partial charge in [-0.05, 0) is 54.5 Å². The summed E-state index contributed by atoms with van der Waals surface area (Å²) in [6, 6.07) is 4.73. The van der Waals surface area contributed by atoms with Crippen molar-refractivity contribution >= 4 is 15.9 Å². The number of nitrogens with one attached hydrogen (secondary N) is 1. The van der Waals surface area contributed by atoms with Crippen LogP contribution in [0.5, 0.6) is 0 Å². The van der Waals surface area contributed by atoms with Crippen molar-refractivity contribution in [2.75, 3.05) is 6.54 Å². The van der Waals surface area contributed by atoms with Gasteiger partial charge in [0.1, 0.15) is 5.82 Å². The molecule has 0 aliphatic rings.